The van der Waals surface area contributed by atoms with E-state index in [2.05, 4.69) is 15.5 Å². The van der Waals surface area contributed by atoms with E-state index in [1.165, 1.54) is 19.2 Å². The van der Waals surface area contributed by atoms with Crippen molar-refractivity contribution in [2.75, 3.05) is 5.32 Å². The Morgan fingerprint density at radius 3 is 2.59 bits per heavy atom. The van der Waals surface area contributed by atoms with E-state index >= 15 is 0 Å². The van der Waals surface area contributed by atoms with Crippen LogP contribution in [-0.4, -0.2) is 48.5 Å². The summed E-state index contributed by atoms with van der Waals surface area (Å²) in [5, 5.41) is 28.9. The number of amides is 1. The first-order valence-electron chi connectivity index (χ1n) is 7.33. The SMILES string of the molecule is CC(=O)Nc1cc([As](=O)(O)O)ccc1O.O=[N+]([O-])c1cccc2[nH]ncc12. The number of rotatable bonds is 3. The summed E-state index contributed by atoms with van der Waals surface area (Å²) in [5.41, 5.74) is 0.759. The maximum atomic E-state index is 10.9. The Balaban J connectivity index is 0.000000198. The van der Waals surface area contributed by atoms with Gasteiger partial charge in [-0.05, 0) is 6.07 Å². The molecule has 5 N–H and O–H groups in total. The second-order valence-corrected chi connectivity index (χ2v) is 8.66. The number of nitro groups is 1. The zero-order chi connectivity index (χ0) is 20.2. The van der Waals surface area contributed by atoms with Gasteiger partial charge in [-0.2, -0.15) is 5.10 Å². The molecule has 0 aliphatic carbocycles. The molecule has 1 amide bonds. The molecule has 12 heteroatoms. The van der Waals surface area contributed by atoms with E-state index in [1.807, 2.05) is 0 Å². The van der Waals surface area contributed by atoms with Gasteiger partial charge in [0.05, 0.1) is 22.0 Å². The van der Waals surface area contributed by atoms with Gasteiger partial charge in [0.2, 0.25) is 0 Å². The summed E-state index contributed by atoms with van der Waals surface area (Å²) in [6, 6.07) is 8.14. The normalized spacial score (nSPS) is 10.8. The van der Waals surface area contributed by atoms with E-state index in [0.717, 1.165) is 18.2 Å². The van der Waals surface area contributed by atoms with Crippen LogP contribution in [-0.2, 0) is 8.53 Å². The fraction of sp³-hybridized carbons (Fsp3) is 0.0667. The number of aromatic nitrogens is 2. The molecule has 27 heavy (non-hydrogen) atoms. The summed E-state index contributed by atoms with van der Waals surface area (Å²) in [7, 11) is 0. The molecule has 11 nitrogen and oxygen atoms in total. The Morgan fingerprint density at radius 2 is 2.00 bits per heavy atom. The Hall–Kier alpha value is -3.14. The third-order valence-electron chi connectivity index (χ3n) is 3.29. The maximum absolute atomic E-state index is 10.9. The zero-order valence-corrected chi connectivity index (χ0v) is 15.7. The van der Waals surface area contributed by atoms with Crippen molar-refractivity contribution < 1.29 is 26.8 Å². The summed E-state index contributed by atoms with van der Waals surface area (Å²) in [6.07, 6.45) is 1.45. The first-order chi connectivity index (χ1) is 12.6. The van der Waals surface area contributed by atoms with Crippen molar-refractivity contribution in [3.05, 3.63) is 52.7 Å². The van der Waals surface area contributed by atoms with Crippen LogP contribution in [0, 0.1) is 10.1 Å². The number of aromatic amines is 1. The predicted molar refractivity (Wildman–Crippen MR) is 95.7 cm³/mol. The molecule has 0 aliphatic rings. The third kappa shape index (κ3) is 5.17. The summed E-state index contributed by atoms with van der Waals surface area (Å²) < 4.78 is 28.6. The van der Waals surface area contributed by atoms with Crippen LogP contribution in [0.1, 0.15) is 6.92 Å². The van der Waals surface area contributed by atoms with E-state index in [1.54, 1.807) is 12.1 Å². The number of nitro benzene ring substituents is 1. The van der Waals surface area contributed by atoms with Crippen molar-refractivity contribution in [2.24, 2.45) is 0 Å². The number of phenolic OH excluding ortho intramolecular Hbond substituents is 1. The number of fused-ring (bicyclic) bond motifs is 1. The number of hydrogen-bond acceptors (Lipinski definition) is 6. The van der Waals surface area contributed by atoms with Gasteiger partial charge in [0, 0.05) is 6.07 Å². The molecule has 1 aromatic heterocycles. The number of phenols is 1. The van der Waals surface area contributed by atoms with Gasteiger partial charge >= 0.3 is 88.1 Å². The number of carbonyl (C=O) groups excluding carboxylic acids is 1. The van der Waals surface area contributed by atoms with Crippen LogP contribution in [0.3, 0.4) is 0 Å². The number of H-pyrrole nitrogens is 1. The van der Waals surface area contributed by atoms with Crippen molar-refractivity contribution >= 4 is 46.7 Å². The van der Waals surface area contributed by atoms with Gasteiger partial charge in [0.15, 0.2) is 0 Å². The minimum absolute atomic E-state index is 0.00951. The number of benzene rings is 2. The number of aromatic hydroxyl groups is 1. The van der Waals surface area contributed by atoms with Gasteiger partial charge < -0.3 is 0 Å². The van der Waals surface area contributed by atoms with Crippen LogP contribution in [0.4, 0.5) is 11.4 Å². The average Bonchev–Trinajstić information content (AvgIpc) is 3.04. The minimum atomic E-state index is -4.98. The first kappa shape index (κ1) is 20.2. The molecular formula is C15H15AsN4O7. The van der Waals surface area contributed by atoms with Crippen LogP contribution in [0.5, 0.6) is 5.75 Å². The molecule has 0 spiro atoms. The van der Waals surface area contributed by atoms with Gasteiger partial charge in [-0.25, -0.2) is 0 Å². The van der Waals surface area contributed by atoms with Gasteiger partial charge in [0.1, 0.15) is 0 Å². The number of non-ortho nitro benzene ring substituents is 1. The van der Waals surface area contributed by atoms with Gasteiger partial charge in [-0.1, -0.05) is 6.07 Å². The smallest absolute Gasteiger partial charge is 0.278 e. The number of nitrogens with one attached hydrogen (secondary N) is 2. The van der Waals surface area contributed by atoms with E-state index in [9.17, 15) is 23.8 Å². The molecule has 1 heterocycles. The fourth-order valence-corrected chi connectivity index (χ4v) is 3.29. The number of anilines is 1. The Bertz CT molecular complexity index is 1040. The van der Waals surface area contributed by atoms with E-state index < -0.39 is 25.0 Å². The molecule has 0 saturated heterocycles. The first-order valence-corrected chi connectivity index (χ1v) is 10.7. The molecule has 0 atom stereocenters. The molecule has 142 valence electrons. The van der Waals surface area contributed by atoms with E-state index in [4.69, 9.17) is 8.19 Å². The molecule has 0 bridgehead atoms. The van der Waals surface area contributed by atoms with Crippen molar-refractivity contribution in [1.82, 2.24) is 10.2 Å². The summed E-state index contributed by atoms with van der Waals surface area (Å²) >= 11 is -4.98. The second-order valence-electron chi connectivity index (χ2n) is 5.29. The molecule has 0 aliphatic heterocycles. The Kier molecular flexibility index (Phi) is 6.01. The molecule has 3 rings (SSSR count). The van der Waals surface area contributed by atoms with Crippen LogP contribution >= 0.6 is 0 Å². The monoisotopic (exact) mass is 438 g/mol. The molecule has 2 aromatic carbocycles. The summed E-state index contributed by atoms with van der Waals surface area (Å²) in [4.78, 5) is 20.8. The third-order valence-corrected chi connectivity index (χ3v) is 5.28. The minimum Gasteiger partial charge on any atom is -0.278 e. The van der Waals surface area contributed by atoms with E-state index in [0.29, 0.717) is 10.9 Å². The van der Waals surface area contributed by atoms with Crippen LogP contribution in [0.15, 0.2) is 42.6 Å². The van der Waals surface area contributed by atoms with Crippen molar-refractivity contribution in [2.45, 2.75) is 6.92 Å². The maximum Gasteiger partial charge on any atom is 0.280 e. The van der Waals surface area contributed by atoms with Gasteiger partial charge in [0.25, 0.3) is 5.69 Å². The van der Waals surface area contributed by atoms with Crippen LogP contribution in [0.25, 0.3) is 10.9 Å². The number of nitrogens with zero attached hydrogens (tertiary/aromatic N) is 2. The van der Waals surface area contributed by atoms with Gasteiger partial charge in [-0.3, -0.25) is 15.2 Å². The van der Waals surface area contributed by atoms with Crippen LogP contribution < -0.4 is 9.67 Å². The molecule has 3 aromatic rings. The number of carbonyl (C=O) groups is 1. The van der Waals surface area contributed by atoms with Crippen molar-refractivity contribution in [1.29, 1.82) is 0 Å². The quantitative estimate of drug-likeness (QED) is 0.169. The topological polar surface area (TPSA) is 179 Å². The van der Waals surface area contributed by atoms with E-state index in [-0.39, 0.29) is 21.5 Å². The molecule has 0 radical (unpaired) electrons. The van der Waals surface area contributed by atoms with Crippen molar-refractivity contribution in [3.8, 4) is 5.75 Å². The second kappa shape index (κ2) is 8.04. The fourth-order valence-electron chi connectivity index (χ4n) is 2.11. The Morgan fingerprint density at radius 1 is 1.30 bits per heavy atom. The summed E-state index contributed by atoms with van der Waals surface area (Å²) in [6.45, 7) is 1.23. The predicted octanol–water partition coefficient (Wildman–Crippen LogP) is 0.383. The Labute approximate surface area is 154 Å². The zero-order valence-electron chi connectivity index (χ0n) is 13.9. The standard InChI is InChI=1S/C8H10AsNO5.C7H5N3O2/c1-5(11)10-7-4-6(9(13,14)15)2-3-8(7)12;11-10(12)7-3-1-2-6-5(7)4-8-9-6/h2-4,12H,1H3,(H,10,11)(H2,13,14,15);1-4H,(H,8,9). The summed E-state index contributed by atoms with van der Waals surface area (Å²) in [5.74, 6) is -0.668. The number of hydrogen-bond donors (Lipinski definition) is 5. The molecule has 0 saturated carbocycles. The largest absolute Gasteiger partial charge is 0.280 e. The average molecular weight is 438 g/mol. The molecule has 0 fully saturated rings. The van der Waals surface area contributed by atoms with Crippen LogP contribution in [0.2, 0.25) is 0 Å². The van der Waals surface area contributed by atoms with Crippen molar-refractivity contribution in [3.63, 3.8) is 0 Å². The molecule has 0 unspecified atom stereocenters. The van der Waals surface area contributed by atoms with Gasteiger partial charge in [-0.15, -0.1) is 0 Å². The molecular weight excluding hydrogens is 423 g/mol.